The minimum Gasteiger partial charge on any atom is -0.357 e. The average molecular weight is 424 g/mol. The normalized spacial score (nSPS) is 15.7. The van der Waals surface area contributed by atoms with Gasteiger partial charge in [0.25, 0.3) is 0 Å². The number of fused-ring (bicyclic) bond motifs is 1. The van der Waals surface area contributed by atoms with E-state index in [0.717, 1.165) is 12.3 Å². The van der Waals surface area contributed by atoms with Gasteiger partial charge in [-0.1, -0.05) is 11.3 Å². The molecule has 2 aromatic heterocycles. The van der Waals surface area contributed by atoms with Crippen LogP contribution in [0.5, 0.6) is 0 Å². The van der Waals surface area contributed by atoms with Crippen LogP contribution in [-0.4, -0.2) is 29.0 Å². The number of thiazole rings is 1. The minimum absolute atomic E-state index is 0.162. The second-order valence-electron chi connectivity index (χ2n) is 6.78. The second-order valence-corrected chi connectivity index (χ2v) is 7.82. The number of pyridine rings is 1. The fourth-order valence-corrected chi connectivity index (χ4v) is 4.16. The van der Waals surface area contributed by atoms with Gasteiger partial charge in [0, 0.05) is 25.2 Å². The highest BCUT2D eigenvalue weighted by atomic mass is 32.1. The molecule has 1 fully saturated rings. The Bertz CT molecular complexity index is 1030. The number of carbonyl (C=O) groups is 1. The van der Waals surface area contributed by atoms with Gasteiger partial charge in [-0.2, -0.15) is 13.2 Å². The Morgan fingerprint density at radius 2 is 1.93 bits per heavy atom. The fraction of sp³-hybridized carbons (Fsp3) is 0.316. The SMILES string of the molecule is O=C(Nc1nc2ccc(F)cc2s1)C1CCN(c2ccc(C(F)(F)F)cn2)CC1. The number of anilines is 2. The molecule has 0 atom stereocenters. The van der Waals surface area contributed by atoms with Gasteiger partial charge >= 0.3 is 6.18 Å². The Morgan fingerprint density at radius 1 is 1.17 bits per heavy atom. The average Bonchev–Trinajstić information content (AvgIpc) is 3.09. The zero-order chi connectivity index (χ0) is 20.6. The second kappa shape index (κ2) is 7.58. The van der Waals surface area contributed by atoms with E-state index in [-0.39, 0.29) is 17.6 Å². The number of aromatic nitrogens is 2. The van der Waals surface area contributed by atoms with Crippen molar-refractivity contribution in [3.63, 3.8) is 0 Å². The van der Waals surface area contributed by atoms with E-state index in [0.29, 0.717) is 47.1 Å². The highest BCUT2D eigenvalue weighted by Gasteiger charge is 2.31. The highest BCUT2D eigenvalue weighted by molar-refractivity contribution is 7.22. The molecular weight excluding hydrogens is 408 g/mol. The first kappa shape index (κ1) is 19.6. The number of amides is 1. The molecule has 3 heterocycles. The predicted octanol–water partition coefficient (Wildman–Crippen LogP) is 4.70. The summed E-state index contributed by atoms with van der Waals surface area (Å²) < 4.78 is 51.9. The fourth-order valence-electron chi connectivity index (χ4n) is 3.27. The van der Waals surface area contributed by atoms with Gasteiger partial charge in [-0.3, -0.25) is 4.79 Å². The summed E-state index contributed by atoms with van der Waals surface area (Å²) in [5.74, 6) is -0.290. The van der Waals surface area contributed by atoms with Crippen molar-refractivity contribution >= 4 is 38.4 Å². The molecular formula is C19H16F4N4OS. The molecule has 1 aromatic carbocycles. The lowest BCUT2D eigenvalue weighted by atomic mass is 9.96. The Morgan fingerprint density at radius 3 is 2.59 bits per heavy atom. The number of nitrogens with zero attached hydrogens (tertiary/aromatic N) is 3. The van der Waals surface area contributed by atoms with Gasteiger partial charge in [0.15, 0.2) is 5.13 Å². The van der Waals surface area contributed by atoms with Gasteiger partial charge in [0.1, 0.15) is 11.6 Å². The van der Waals surface area contributed by atoms with Crippen molar-refractivity contribution in [1.29, 1.82) is 0 Å². The quantitative estimate of drug-likeness (QED) is 0.619. The first-order valence-corrected chi connectivity index (χ1v) is 9.76. The van der Waals surface area contributed by atoms with Crippen LogP contribution in [0.2, 0.25) is 0 Å². The Balaban J connectivity index is 1.35. The molecule has 1 saturated heterocycles. The zero-order valence-electron chi connectivity index (χ0n) is 15.0. The summed E-state index contributed by atoms with van der Waals surface area (Å²) in [6, 6.07) is 6.61. The van der Waals surface area contributed by atoms with Crippen molar-refractivity contribution in [2.24, 2.45) is 5.92 Å². The van der Waals surface area contributed by atoms with Crippen LogP contribution in [0.15, 0.2) is 36.5 Å². The molecule has 152 valence electrons. The molecule has 0 unspecified atom stereocenters. The summed E-state index contributed by atoms with van der Waals surface area (Å²) >= 11 is 1.21. The molecule has 0 radical (unpaired) electrons. The van der Waals surface area contributed by atoms with Crippen molar-refractivity contribution in [2.75, 3.05) is 23.3 Å². The van der Waals surface area contributed by atoms with Gasteiger partial charge in [0.05, 0.1) is 15.8 Å². The van der Waals surface area contributed by atoms with Crippen LogP contribution in [-0.2, 0) is 11.0 Å². The van der Waals surface area contributed by atoms with E-state index in [1.807, 2.05) is 4.90 Å². The zero-order valence-corrected chi connectivity index (χ0v) is 15.9. The van der Waals surface area contributed by atoms with Crippen LogP contribution >= 0.6 is 11.3 Å². The monoisotopic (exact) mass is 424 g/mol. The Kier molecular flexibility index (Phi) is 5.12. The van der Waals surface area contributed by atoms with Crippen LogP contribution in [0.25, 0.3) is 10.2 Å². The number of alkyl halides is 3. The standard InChI is InChI=1S/C19H16F4N4OS/c20-13-2-3-14-15(9-13)29-18(25-14)26-17(28)11-5-7-27(8-6-11)16-4-1-12(10-24-16)19(21,22)23/h1-4,9-11H,5-8H2,(H,25,26,28). The molecule has 5 nitrogen and oxygen atoms in total. The predicted molar refractivity (Wildman–Crippen MR) is 102 cm³/mol. The first-order chi connectivity index (χ1) is 13.8. The molecule has 1 aliphatic heterocycles. The molecule has 0 saturated carbocycles. The number of piperidine rings is 1. The molecule has 29 heavy (non-hydrogen) atoms. The lowest BCUT2D eigenvalue weighted by Gasteiger charge is -2.32. The molecule has 0 spiro atoms. The largest absolute Gasteiger partial charge is 0.417 e. The number of benzene rings is 1. The summed E-state index contributed by atoms with van der Waals surface area (Å²) in [6.45, 7) is 1.03. The maximum absolute atomic E-state index is 13.3. The van der Waals surface area contributed by atoms with Gasteiger partial charge < -0.3 is 10.2 Å². The van der Waals surface area contributed by atoms with Gasteiger partial charge in [-0.05, 0) is 43.2 Å². The Labute approximate surface area is 167 Å². The van der Waals surface area contributed by atoms with Gasteiger partial charge in [-0.15, -0.1) is 0 Å². The lowest BCUT2D eigenvalue weighted by Crippen LogP contribution is -2.38. The summed E-state index contributed by atoms with van der Waals surface area (Å²) in [5.41, 5.74) is -0.166. The molecule has 1 amide bonds. The smallest absolute Gasteiger partial charge is 0.357 e. The van der Waals surface area contributed by atoms with Crippen molar-refractivity contribution in [3.05, 3.63) is 47.9 Å². The van der Waals surface area contributed by atoms with Gasteiger partial charge in [-0.25, -0.2) is 14.4 Å². The molecule has 1 aliphatic rings. The van der Waals surface area contributed by atoms with Gasteiger partial charge in [0.2, 0.25) is 5.91 Å². The van der Waals surface area contributed by atoms with Crippen LogP contribution in [0.3, 0.4) is 0 Å². The number of carbonyl (C=O) groups excluding carboxylic acids is 1. The third kappa shape index (κ3) is 4.31. The maximum Gasteiger partial charge on any atom is 0.417 e. The molecule has 10 heteroatoms. The van der Waals surface area contributed by atoms with Crippen molar-refractivity contribution < 1.29 is 22.4 Å². The Hall–Kier alpha value is -2.75. The summed E-state index contributed by atoms with van der Waals surface area (Å²) in [5, 5.41) is 3.21. The molecule has 4 rings (SSSR count). The van der Waals surface area contributed by atoms with E-state index in [1.54, 1.807) is 6.07 Å². The van der Waals surface area contributed by atoms with E-state index in [1.165, 1.54) is 29.5 Å². The third-order valence-electron chi connectivity index (χ3n) is 4.85. The summed E-state index contributed by atoms with van der Waals surface area (Å²) in [6.07, 6.45) is -2.49. The van der Waals surface area contributed by atoms with Crippen molar-refractivity contribution in [2.45, 2.75) is 19.0 Å². The van der Waals surface area contributed by atoms with E-state index in [9.17, 15) is 22.4 Å². The van der Waals surface area contributed by atoms with E-state index in [2.05, 4.69) is 15.3 Å². The number of rotatable bonds is 3. The summed E-state index contributed by atoms with van der Waals surface area (Å²) in [4.78, 5) is 22.6. The molecule has 0 aliphatic carbocycles. The van der Waals surface area contributed by atoms with Crippen LogP contribution in [0, 0.1) is 11.7 Å². The minimum atomic E-state index is -4.41. The topological polar surface area (TPSA) is 58.1 Å². The van der Waals surface area contributed by atoms with Crippen molar-refractivity contribution in [1.82, 2.24) is 9.97 Å². The summed E-state index contributed by atoms with van der Waals surface area (Å²) in [7, 11) is 0. The third-order valence-corrected chi connectivity index (χ3v) is 5.78. The first-order valence-electron chi connectivity index (χ1n) is 8.95. The highest BCUT2D eigenvalue weighted by Crippen LogP contribution is 2.31. The number of hydrogen-bond acceptors (Lipinski definition) is 5. The van der Waals surface area contributed by atoms with E-state index < -0.39 is 11.7 Å². The van der Waals surface area contributed by atoms with E-state index >= 15 is 0 Å². The number of halogens is 4. The van der Waals surface area contributed by atoms with E-state index in [4.69, 9.17) is 0 Å². The molecule has 3 aromatic rings. The van der Waals surface area contributed by atoms with Crippen LogP contribution < -0.4 is 10.2 Å². The number of hydrogen-bond donors (Lipinski definition) is 1. The number of nitrogens with one attached hydrogen (secondary N) is 1. The molecule has 1 N–H and O–H groups in total. The van der Waals surface area contributed by atoms with Crippen LogP contribution in [0.1, 0.15) is 18.4 Å². The van der Waals surface area contributed by atoms with Crippen LogP contribution in [0.4, 0.5) is 28.5 Å². The van der Waals surface area contributed by atoms with Crippen molar-refractivity contribution in [3.8, 4) is 0 Å². The molecule has 0 bridgehead atoms. The maximum atomic E-state index is 13.3. The lowest BCUT2D eigenvalue weighted by molar-refractivity contribution is -0.137.